The number of nitrogens with zero attached hydrogens (tertiary/aromatic N) is 4. The first-order valence-electron chi connectivity index (χ1n) is 7.44. The van der Waals surface area contributed by atoms with Gasteiger partial charge in [0.25, 0.3) is 0 Å². The summed E-state index contributed by atoms with van der Waals surface area (Å²) in [4.78, 5) is 11.2. The lowest BCUT2D eigenvalue weighted by molar-refractivity contribution is 0.253. The molecule has 0 radical (unpaired) electrons. The molecule has 1 unspecified atom stereocenters. The zero-order valence-electron chi connectivity index (χ0n) is 11.2. The standard InChI is InChI=1S/C14H21N5/c15-14-17-8-13(19(14)11-3-1-2-4-11)12-7-16-9-18(12)10-5-6-10/h7,9-11,13H,1-6,8H2,(H2,15,17). The van der Waals surface area contributed by atoms with Gasteiger partial charge in [-0.2, -0.15) is 0 Å². The van der Waals surface area contributed by atoms with Crippen molar-refractivity contribution in [2.24, 2.45) is 10.7 Å². The Kier molecular flexibility index (Phi) is 2.53. The number of aromatic nitrogens is 2. The Hall–Kier alpha value is -1.52. The monoisotopic (exact) mass is 259 g/mol. The fraction of sp³-hybridized carbons (Fsp3) is 0.714. The Bertz CT molecular complexity index is 496. The molecular formula is C14H21N5. The molecule has 4 rings (SSSR count). The molecule has 102 valence electrons. The van der Waals surface area contributed by atoms with Crippen LogP contribution in [0.25, 0.3) is 0 Å². The number of imidazole rings is 1. The van der Waals surface area contributed by atoms with Gasteiger partial charge in [-0.25, -0.2) is 4.98 Å². The van der Waals surface area contributed by atoms with E-state index in [1.54, 1.807) is 0 Å². The Labute approximate surface area is 113 Å². The van der Waals surface area contributed by atoms with E-state index in [4.69, 9.17) is 5.73 Å². The van der Waals surface area contributed by atoms with Gasteiger partial charge in [-0.3, -0.25) is 4.99 Å². The lowest BCUT2D eigenvalue weighted by Gasteiger charge is -2.32. The Morgan fingerprint density at radius 2 is 1.89 bits per heavy atom. The highest BCUT2D eigenvalue weighted by atomic mass is 15.4. The van der Waals surface area contributed by atoms with E-state index in [0.717, 1.165) is 12.5 Å². The summed E-state index contributed by atoms with van der Waals surface area (Å²) in [5.41, 5.74) is 7.45. The van der Waals surface area contributed by atoms with Crippen molar-refractivity contribution in [3.8, 4) is 0 Å². The van der Waals surface area contributed by atoms with E-state index in [2.05, 4.69) is 19.4 Å². The minimum absolute atomic E-state index is 0.311. The molecule has 2 heterocycles. The van der Waals surface area contributed by atoms with Gasteiger partial charge in [0.05, 0.1) is 30.8 Å². The van der Waals surface area contributed by atoms with Crippen molar-refractivity contribution in [2.75, 3.05) is 6.54 Å². The van der Waals surface area contributed by atoms with E-state index >= 15 is 0 Å². The van der Waals surface area contributed by atoms with E-state index in [-0.39, 0.29) is 0 Å². The molecule has 2 N–H and O–H groups in total. The van der Waals surface area contributed by atoms with E-state index in [1.165, 1.54) is 44.2 Å². The third-order valence-electron chi connectivity index (χ3n) is 4.72. The van der Waals surface area contributed by atoms with Gasteiger partial charge in [0, 0.05) is 12.1 Å². The number of aliphatic imine (C=N–C) groups is 1. The van der Waals surface area contributed by atoms with E-state index < -0.39 is 0 Å². The quantitative estimate of drug-likeness (QED) is 0.901. The predicted octanol–water partition coefficient (Wildman–Crippen LogP) is 1.83. The second-order valence-electron chi connectivity index (χ2n) is 6.02. The first-order chi connectivity index (χ1) is 9.34. The van der Waals surface area contributed by atoms with Crippen LogP contribution in [0, 0.1) is 0 Å². The van der Waals surface area contributed by atoms with Crippen LogP contribution < -0.4 is 5.73 Å². The van der Waals surface area contributed by atoms with Crippen LogP contribution in [0.2, 0.25) is 0 Å². The highest BCUT2D eigenvalue weighted by Gasteiger charge is 2.37. The van der Waals surface area contributed by atoms with E-state index in [0.29, 0.717) is 18.1 Å². The maximum Gasteiger partial charge on any atom is 0.192 e. The zero-order valence-corrected chi connectivity index (χ0v) is 11.2. The van der Waals surface area contributed by atoms with Crippen molar-refractivity contribution in [3.63, 3.8) is 0 Å². The summed E-state index contributed by atoms with van der Waals surface area (Å²) in [6.07, 6.45) is 11.7. The van der Waals surface area contributed by atoms with Crippen LogP contribution in [0.15, 0.2) is 17.5 Å². The van der Waals surface area contributed by atoms with Crippen LogP contribution >= 0.6 is 0 Å². The van der Waals surface area contributed by atoms with Gasteiger partial charge in [-0.1, -0.05) is 12.8 Å². The van der Waals surface area contributed by atoms with Gasteiger partial charge in [0.15, 0.2) is 5.96 Å². The molecule has 2 aliphatic carbocycles. The minimum atomic E-state index is 0.311. The fourth-order valence-electron chi connectivity index (χ4n) is 3.60. The normalized spacial score (nSPS) is 28.1. The third-order valence-corrected chi connectivity index (χ3v) is 4.72. The third kappa shape index (κ3) is 1.83. The molecule has 0 amide bonds. The number of guanidine groups is 1. The van der Waals surface area contributed by atoms with Crippen LogP contribution in [0.1, 0.15) is 56.3 Å². The van der Waals surface area contributed by atoms with Crippen LogP contribution in [0.4, 0.5) is 0 Å². The van der Waals surface area contributed by atoms with Crippen LogP contribution in [-0.2, 0) is 0 Å². The first-order valence-corrected chi connectivity index (χ1v) is 7.44. The molecule has 0 bridgehead atoms. The molecule has 5 nitrogen and oxygen atoms in total. The summed E-state index contributed by atoms with van der Waals surface area (Å²) >= 11 is 0. The van der Waals surface area contributed by atoms with Gasteiger partial charge in [-0.05, 0) is 25.7 Å². The molecule has 1 aliphatic heterocycles. The largest absolute Gasteiger partial charge is 0.370 e. The second kappa shape index (κ2) is 4.25. The lowest BCUT2D eigenvalue weighted by Crippen LogP contribution is -2.43. The maximum absolute atomic E-state index is 6.14. The molecule has 0 saturated heterocycles. The van der Waals surface area contributed by atoms with Gasteiger partial charge >= 0.3 is 0 Å². The topological polar surface area (TPSA) is 59.4 Å². The lowest BCUT2D eigenvalue weighted by atomic mass is 10.1. The molecule has 1 atom stereocenters. The van der Waals surface area contributed by atoms with Gasteiger partial charge in [-0.15, -0.1) is 0 Å². The molecule has 0 spiro atoms. The Morgan fingerprint density at radius 3 is 2.63 bits per heavy atom. The van der Waals surface area contributed by atoms with Crippen molar-refractivity contribution in [1.82, 2.24) is 14.5 Å². The van der Waals surface area contributed by atoms with Crippen molar-refractivity contribution in [1.29, 1.82) is 0 Å². The van der Waals surface area contributed by atoms with Gasteiger partial charge in [0.2, 0.25) is 0 Å². The highest BCUT2D eigenvalue weighted by molar-refractivity contribution is 5.80. The Morgan fingerprint density at radius 1 is 1.11 bits per heavy atom. The van der Waals surface area contributed by atoms with Crippen LogP contribution in [0.3, 0.4) is 0 Å². The SMILES string of the molecule is NC1=NCC(c2cncn2C2CC2)N1C1CCCC1. The summed E-state index contributed by atoms with van der Waals surface area (Å²) in [5.74, 6) is 0.737. The van der Waals surface area contributed by atoms with Crippen molar-refractivity contribution >= 4 is 5.96 Å². The van der Waals surface area contributed by atoms with Crippen LogP contribution in [-0.4, -0.2) is 33.0 Å². The number of hydrogen-bond donors (Lipinski definition) is 1. The summed E-state index contributed by atoms with van der Waals surface area (Å²) in [5, 5.41) is 0. The molecule has 1 aromatic rings. The van der Waals surface area contributed by atoms with Crippen LogP contribution in [0.5, 0.6) is 0 Å². The minimum Gasteiger partial charge on any atom is -0.370 e. The average molecular weight is 259 g/mol. The summed E-state index contributed by atoms with van der Waals surface area (Å²) in [6.45, 7) is 0.792. The molecular weight excluding hydrogens is 238 g/mol. The van der Waals surface area contributed by atoms with Crippen molar-refractivity contribution in [2.45, 2.75) is 56.7 Å². The summed E-state index contributed by atoms with van der Waals surface area (Å²) < 4.78 is 2.35. The van der Waals surface area contributed by atoms with Gasteiger partial charge < -0.3 is 15.2 Å². The molecule has 5 heteroatoms. The molecule has 2 fully saturated rings. The predicted molar refractivity (Wildman–Crippen MR) is 73.8 cm³/mol. The first kappa shape index (κ1) is 11.3. The number of hydrogen-bond acceptors (Lipinski definition) is 4. The molecule has 3 aliphatic rings. The second-order valence-corrected chi connectivity index (χ2v) is 6.02. The molecule has 2 saturated carbocycles. The van der Waals surface area contributed by atoms with Crippen molar-refractivity contribution in [3.05, 3.63) is 18.2 Å². The number of nitrogens with two attached hydrogens (primary N) is 1. The zero-order chi connectivity index (χ0) is 12.8. The van der Waals surface area contributed by atoms with E-state index in [1.807, 2.05) is 12.5 Å². The molecule has 19 heavy (non-hydrogen) atoms. The molecule has 0 aromatic carbocycles. The smallest absolute Gasteiger partial charge is 0.192 e. The number of rotatable bonds is 3. The molecule has 1 aromatic heterocycles. The van der Waals surface area contributed by atoms with E-state index in [9.17, 15) is 0 Å². The fourth-order valence-corrected chi connectivity index (χ4v) is 3.60. The maximum atomic E-state index is 6.14. The Balaban J connectivity index is 1.64. The average Bonchev–Trinajstić information content (AvgIpc) is 2.85. The van der Waals surface area contributed by atoms with Gasteiger partial charge in [0.1, 0.15) is 0 Å². The summed E-state index contributed by atoms with van der Waals surface area (Å²) in [6, 6.07) is 1.56. The summed E-state index contributed by atoms with van der Waals surface area (Å²) in [7, 11) is 0. The van der Waals surface area contributed by atoms with Crippen molar-refractivity contribution < 1.29 is 0 Å². The highest BCUT2D eigenvalue weighted by Crippen LogP contribution is 2.40.